The molecule has 0 atom stereocenters. The van der Waals surface area contributed by atoms with E-state index in [0.29, 0.717) is 12.2 Å². The number of fused-ring (bicyclic) bond motifs is 1. The molecular weight excluding hydrogens is 236 g/mol. The Balaban J connectivity index is 2.39. The smallest absolute Gasteiger partial charge is 0.277 e. The van der Waals surface area contributed by atoms with E-state index in [1.807, 2.05) is 61.5 Å². The fourth-order valence-electron chi connectivity index (χ4n) is 2.29. The summed E-state index contributed by atoms with van der Waals surface area (Å²) in [5.74, 6) is 0. The molecule has 0 aliphatic rings. The minimum Gasteiger partial charge on any atom is -0.305 e. The first-order chi connectivity index (χ1) is 9.31. The number of nitrogens with zero attached hydrogens (tertiary/aromatic N) is 2. The van der Waals surface area contributed by atoms with Gasteiger partial charge < -0.3 is 4.57 Å². The SMILES string of the molecule is CCn1c(=O)c(-c2ccccc2)nc2ccccc21. The first-order valence-electron chi connectivity index (χ1n) is 6.36. The largest absolute Gasteiger partial charge is 0.305 e. The zero-order valence-electron chi connectivity index (χ0n) is 10.7. The molecule has 0 spiro atoms. The predicted molar refractivity (Wildman–Crippen MR) is 77.1 cm³/mol. The molecule has 0 bridgehead atoms. The second kappa shape index (κ2) is 4.69. The summed E-state index contributed by atoms with van der Waals surface area (Å²) in [4.78, 5) is 17.0. The van der Waals surface area contributed by atoms with Gasteiger partial charge in [-0.3, -0.25) is 4.79 Å². The monoisotopic (exact) mass is 250 g/mol. The summed E-state index contributed by atoms with van der Waals surface area (Å²) in [7, 11) is 0. The van der Waals surface area contributed by atoms with Crippen molar-refractivity contribution in [1.82, 2.24) is 9.55 Å². The highest BCUT2D eigenvalue weighted by Gasteiger charge is 2.10. The van der Waals surface area contributed by atoms with Gasteiger partial charge >= 0.3 is 0 Å². The Kier molecular flexibility index (Phi) is 2.88. The Bertz CT molecular complexity index is 776. The van der Waals surface area contributed by atoms with Crippen LogP contribution in [0.3, 0.4) is 0 Å². The summed E-state index contributed by atoms with van der Waals surface area (Å²) in [5.41, 5.74) is 3.08. The van der Waals surface area contributed by atoms with E-state index in [2.05, 4.69) is 4.98 Å². The van der Waals surface area contributed by atoms with E-state index in [1.54, 1.807) is 4.57 Å². The van der Waals surface area contributed by atoms with Crippen molar-refractivity contribution in [3.8, 4) is 11.3 Å². The standard InChI is InChI=1S/C16H14N2O/c1-2-18-14-11-7-6-10-13(14)17-15(16(18)19)12-8-4-3-5-9-12/h3-11H,2H2,1H3. The summed E-state index contributed by atoms with van der Waals surface area (Å²) in [5, 5.41) is 0. The molecule has 3 rings (SSSR count). The highest BCUT2D eigenvalue weighted by molar-refractivity contribution is 5.77. The maximum absolute atomic E-state index is 12.5. The van der Waals surface area contributed by atoms with Crippen LogP contribution in [0, 0.1) is 0 Å². The van der Waals surface area contributed by atoms with Gasteiger partial charge in [0.1, 0.15) is 5.69 Å². The topological polar surface area (TPSA) is 34.9 Å². The third-order valence-electron chi connectivity index (χ3n) is 3.22. The van der Waals surface area contributed by atoms with E-state index in [1.165, 1.54) is 0 Å². The summed E-state index contributed by atoms with van der Waals surface area (Å²) >= 11 is 0. The van der Waals surface area contributed by atoms with Crippen LogP contribution in [-0.4, -0.2) is 9.55 Å². The van der Waals surface area contributed by atoms with Crippen molar-refractivity contribution in [3.63, 3.8) is 0 Å². The van der Waals surface area contributed by atoms with Crippen molar-refractivity contribution in [2.24, 2.45) is 0 Å². The van der Waals surface area contributed by atoms with Crippen LogP contribution in [0.5, 0.6) is 0 Å². The molecule has 0 amide bonds. The van der Waals surface area contributed by atoms with Gasteiger partial charge in [-0.05, 0) is 19.1 Å². The lowest BCUT2D eigenvalue weighted by molar-refractivity contribution is 0.756. The van der Waals surface area contributed by atoms with E-state index < -0.39 is 0 Å². The van der Waals surface area contributed by atoms with E-state index in [0.717, 1.165) is 16.6 Å². The van der Waals surface area contributed by atoms with E-state index in [4.69, 9.17) is 0 Å². The van der Waals surface area contributed by atoms with Crippen molar-refractivity contribution in [2.45, 2.75) is 13.5 Å². The fraction of sp³-hybridized carbons (Fsp3) is 0.125. The van der Waals surface area contributed by atoms with Crippen LogP contribution in [0.2, 0.25) is 0 Å². The Labute approximate surface area is 111 Å². The molecule has 3 heteroatoms. The number of para-hydroxylation sites is 2. The molecular formula is C16H14N2O. The van der Waals surface area contributed by atoms with Gasteiger partial charge in [-0.2, -0.15) is 0 Å². The highest BCUT2D eigenvalue weighted by Crippen LogP contribution is 2.17. The molecule has 1 aromatic heterocycles. The normalized spacial score (nSPS) is 10.8. The van der Waals surface area contributed by atoms with Crippen molar-refractivity contribution in [3.05, 3.63) is 65.0 Å². The minimum absolute atomic E-state index is 0.0348. The van der Waals surface area contributed by atoms with Crippen LogP contribution in [0.15, 0.2) is 59.4 Å². The Morgan fingerprint density at radius 2 is 1.68 bits per heavy atom. The third-order valence-corrected chi connectivity index (χ3v) is 3.22. The third kappa shape index (κ3) is 1.93. The van der Waals surface area contributed by atoms with Gasteiger partial charge in [0.2, 0.25) is 0 Å². The van der Waals surface area contributed by atoms with Crippen LogP contribution in [-0.2, 0) is 6.54 Å². The van der Waals surface area contributed by atoms with Crippen LogP contribution < -0.4 is 5.56 Å². The molecule has 0 saturated carbocycles. The fourth-order valence-corrected chi connectivity index (χ4v) is 2.29. The minimum atomic E-state index is -0.0348. The van der Waals surface area contributed by atoms with Crippen molar-refractivity contribution in [1.29, 1.82) is 0 Å². The van der Waals surface area contributed by atoms with E-state index >= 15 is 0 Å². The highest BCUT2D eigenvalue weighted by atomic mass is 16.1. The Morgan fingerprint density at radius 1 is 1.00 bits per heavy atom. The maximum atomic E-state index is 12.5. The molecule has 19 heavy (non-hydrogen) atoms. The summed E-state index contributed by atoms with van der Waals surface area (Å²) < 4.78 is 1.77. The average Bonchev–Trinajstić information content (AvgIpc) is 2.47. The Hall–Kier alpha value is -2.42. The van der Waals surface area contributed by atoms with Crippen LogP contribution in [0.1, 0.15) is 6.92 Å². The molecule has 0 fully saturated rings. The lowest BCUT2D eigenvalue weighted by Crippen LogP contribution is -2.22. The molecule has 0 N–H and O–H groups in total. The molecule has 0 aliphatic heterocycles. The van der Waals surface area contributed by atoms with Crippen LogP contribution in [0.25, 0.3) is 22.3 Å². The zero-order valence-corrected chi connectivity index (χ0v) is 10.7. The zero-order chi connectivity index (χ0) is 13.2. The number of hydrogen-bond donors (Lipinski definition) is 0. The van der Waals surface area contributed by atoms with Gasteiger partial charge in [-0.15, -0.1) is 0 Å². The maximum Gasteiger partial charge on any atom is 0.277 e. The van der Waals surface area contributed by atoms with Gasteiger partial charge in [-0.25, -0.2) is 4.98 Å². The summed E-state index contributed by atoms with van der Waals surface area (Å²) in [6.07, 6.45) is 0. The van der Waals surface area contributed by atoms with Crippen molar-refractivity contribution in [2.75, 3.05) is 0 Å². The molecule has 3 aromatic rings. The van der Waals surface area contributed by atoms with E-state index in [9.17, 15) is 4.79 Å². The summed E-state index contributed by atoms with van der Waals surface area (Å²) in [6, 6.07) is 17.3. The van der Waals surface area contributed by atoms with Crippen molar-refractivity contribution >= 4 is 11.0 Å². The van der Waals surface area contributed by atoms with Gasteiger partial charge in [0.15, 0.2) is 0 Å². The first kappa shape index (κ1) is 11.7. The Morgan fingerprint density at radius 3 is 2.42 bits per heavy atom. The van der Waals surface area contributed by atoms with Crippen LogP contribution >= 0.6 is 0 Å². The lowest BCUT2D eigenvalue weighted by atomic mass is 10.1. The summed E-state index contributed by atoms with van der Waals surface area (Å²) in [6.45, 7) is 2.62. The van der Waals surface area contributed by atoms with Crippen LogP contribution in [0.4, 0.5) is 0 Å². The van der Waals surface area contributed by atoms with Crippen molar-refractivity contribution < 1.29 is 0 Å². The van der Waals surface area contributed by atoms with Gasteiger partial charge in [-0.1, -0.05) is 42.5 Å². The number of aromatic nitrogens is 2. The molecule has 0 saturated heterocycles. The molecule has 1 heterocycles. The van der Waals surface area contributed by atoms with Gasteiger partial charge in [0.25, 0.3) is 5.56 Å². The quantitative estimate of drug-likeness (QED) is 0.700. The van der Waals surface area contributed by atoms with Gasteiger partial charge in [0, 0.05) is 12.1 Å². The number of aryl methyl sites for hydroxylation is 1. The first-order valence-corrected chi connectivity index (χ1v) is 6.36. The molecule has 94 valence electrons. The van der Waals surface area contributed by atoms with E-state index in [-0.39, 0.29) is 5.56 Å². The predicted octanol–water partition coefficient (Wildman–Crippen LogP) is 3.08. The molecule has 2 aromatic carbocycles. The number of rotatable bonds is 2. The van der Waals surface area contributed by atoms with Gasteiger partial charge in [0.05, 0.1) is 11.0 Å². The number of benzene rings is 2. The molecule has 0 radical (unpaired) electrons. The molecule has 3 nitrogen and oxygen atoms in total. The lowest BCUT2D eigenvalue weighted by Gasteiger charge is -2.10. The average molecular weight is 250 g/mol. The molecule has 0 unspecified atom stereocenters. The second-order valence-corrected chi connectivity index (χ2v) is 4.36. The number of hydrogen-bond acceptors (Lipinski definition) is 2. The molecule has 0 aliphatic carbocycles. The second-order valence-electron chi connectivity index (χ2n) is 4.36.